The van der Waals surface area contributed by atoms with Gasteiger partial charge in [-0.25, -0.2) is 0 Å². The van der Waals surface area contributed by atoms with Crippen molar-refractivity contribution in [2.24, 2.45) is 0 Å². The zero-order valence-corrected chi connectivity index (χ0v) is 17.0. The first-order chi connectivity index (χ1) is 15.1. The Morgan fingerprint density at radius 3 is 1.65 bits per heavy atom. The standard InChI is InChI=1S/C23H22N4O4/c24-16-18-2-6-20(7-3-18)30-14-1-10-26-11-12-27(23(29)22(26)28)13-15-31-21-8-4-19(17-25)5-9-21/h2-9H,1,10-15H2. The predicted octanol–water partition coefficient (Wildman–Crippen LogP) is 1.95. The average Bonchev–Trinajstić information content (AvgIpc) is 2.81. The average molecular weight is 418 g/mol. The summed E-state index contributed by atoms with van der Waals surface area (Å²) in [5, 5.41) is 17.6. The van der Waals surface area contributed by atoms with Crippen LogP contribution in [0.25, 0.3) is 0 Å². The van der Waals surface area contributed by atoms with E-state index in [1.165, 1.54) is 4.90 Å². The maximum Gasteiger partial charge on any atom is 0.312 e. The van der Waals surface area contributed by atoms with Crippen LogP contribution in [0.2, 0.25) is 0 Å². The second-order valence-electron chi connectivity index (χ2n) is 6.91. The summed E-state index contributed by atoms with van der Waals surface area (Å²) in [6.45, 7) is 2.36. The van der Waals surface area contributed by atoms with Crippen LogP contribution in [-0.4, -0.2) is 61.0 Å². The third-order valence-electron chi connectivity index (χ3n) is 4.84. The number of hydrogen-bond acceptors (Lipinski definition) is 6. The molecule has 0 aromatic heterocycles. The number of carbonyl (C=O) groups is 2. The minimum Gasteiger partial charge on any atom is -0.494 e. The highest BCUT2D eigenvalue weighted by molar-refractivity contribution is 6.35. The van der Waals surface area contributed by atoms with Crippen LogP contribution in [0.15, 0.2) is 48.5 Å². The molecule has 0 spiro atoms. The lowest BCUT2D eigenvalue weighted by Crippen LogP contribution is -2.55. The van der Waals surface area contributed by atoms with Crippen LogP contribution in [0.5, 0.6) is 11.5 Å². The first kappa shape index (κ1) is 21.7. The number of nitrogens with zero attached hydrogens (tertiary/aromatic N) is 4. The van der Waals surface area contributed by atoms with Gasteiger partial charge in [-0.15, -0.1) is 0 Å². The number of piperazine rings is 1. The summed E-state index contributed by atoms with van der Waals surface area (Å²) in [5.41, 5.74) is 1.11. The van der Waals surface area contributed by atoms with Gasteiger partial charge in [-0.05, 0) is 55.0 Å². The number of carbonyl (C=O) groups excluding carboxylic acids is 2. The molecule has 0 aliphatic carbocycles. The van der Waals surface area contributed by atoms with Gasteiger partial charge in [-0.1, -0.05) is 0 Å². The molecule has 0 radical (unpaired) electrons. The van der Waals surface area contributed by atoms with E-state index in [9.17, 15) is 9.59 Å². The van der Waals surface area contributed by atoms with Gasteiger partial charge in [0.05, 0.1) is 36.4 Å². The molecule has 0 bridgehead atoms. The van der Waals surface area contributed by atoms with Gasteiger partial charge in [0.1, 0.15) is 18.1 Å². The van der Waals surface area contributed by atoms with E-state index in [0.717, 1.165) is 0 Å². The number of nitriles is 2. The third kappa shape index (κ3) is 5.97. The van der Waals surface area contributed by atoms with Crippen molar-refractivity contribution in [3.8, 4) is 23.6 Å². The van der Waals surface area contributed by atoms with E-state index < -0.39 is 11.8 Å². The highest BCUT2D eigenvalue weighted by Gasteiger charge is 2.31. The fourth-order valence-corrected chi connectivity index (χ4v) is 3.11. The molecule has 3 rings (SSSR count). The van der Waals surface area contributed by atoms with E-state index in [-0.39, 0.29) is 6.61 Å². The molecule has 1 saturated heterocycles. The Morgan fingerprint density at radius 1 is 0.710 bits per heavy atom. The minimum absolute atomic E-state index is 0.267. The molecule has 0 saturated carbocycles. The molecule has 2 aromatic carbocycles. The molecule has 2 aromatic rings. The maximum absolute atomic E-state index is 12.4. The first-order valence-electron chi connectivity index (χ1n) is 9.95. The van der Waals surface area contributed by atoms with Gasteiger partial charge < -0.3 is 19.3 Å². The van der Waals surface area contributed by atoms with Gasteiger partial charge in [0, 0.05) is 19.6 Å². The molecule has 2 amide bonds. The summed E-state index contributed by atoms with van der Waals surface area (Å²) in [4.78, 5) is 27.8. The van der Waals surface area contributed by atoms with Crippen molar-refractivity contribution in [3.05, 3.63) is 59.7 Å². The maximum atomic E-state index is 12.4. The lowest BCUT2D eigenvalue weighted by Gasteiger charge is -2.33. The van der Waals surface area contributed by atoms with Crippen LogP contribution < -0.4 is 9.47 Å². The zero-order valence-electron chi connectivity index (χ0n) is 17.0. The predicted molar refractivity (Wildman–Crippen MR) is 111 cm³/mol. The zero-order chi connectivity index (χ0) is 22.1. The molecular formula is C23H22N4O4. The number of rotatable bonds is 9. The molecular weight excluding hydrogens is 396 g/mol. The molecule has 0 unspecified atom stereocenters. The van der Waals surface area contributed by atoms with Gasteiger partial charge in [-0.2, -0.15) is 10.5 Å². The second-order valence-corrected chi connectivity index (χ2v) is 6.91. The summed E-state index contributed by atoms with van der Waals surface area (Å²) in [5.74, 6) is 0.234. The van der Waals surface area contributed by atoms with Crippen molar-refractivity contribution in [2.75, 3.05) is 39.4 Å². The fourth-order valence-electron chi connectivity index (χ4n) is 3.11. The Kier molecular flexibility index (Phi) is 7.45. The smallest absolute Gasteiger partial charge is 0.312 e. The van der Waals surface area contributed by atoms with Crippen molar-refractivity contribution in [1.29, 1.82) is 10.5 Å². The Balaban J connectivity index is 1.36. The van der Waals surface area contributed by atoms with E-state index in [1.54, 1.807) is 53.4 Å². The van der Waals surface area contributed by atoms with Crippen LogP contribution in [-0.2, 0) is 9.59 Å². The normalized spacial score (nSPS) is 13.5. The largest absolute Gasteiger partial charge is 0.494 e. The Bertz CT molecular complexity index is 990. The van der Waals surface area contributed by atoms with Crippen LogP contribution in [0.4, 0.5) is 0 Å². The number of ether oxygens (including phenoxy) is 2. The summed E-state index contributed by atoms with van der Waals surface area (Å²) >= 11 is 0. The lowest BCUT2D eigenvalue weighted by molar-refractivity contribution is -0.156. The Hall–Kier alpha value is -4.04. The molecule has 1 heterocycles. The highest BCUT2D eigenvalue weighted by atomic mass is 16.5. The molecule has 8 nitrogen and oxygen atoms in total. The van der Waals surface area contributed by atoms with Crippen molar-refractivity contribution < 1.29 is 19.1 Å². The van der Waals surface area contributed by atoms with E-state index in [0.29, 0.717) is 61.8 Å². The molecule has 0 N–H and O–H groups in total. The highest BCUT2D eigenvalue weighted by Crippen LogP contribution is 2.13. The quantitative estimate of drug-likeness (QED) is 0.455. The van der Waals surface area contributed by atoms with Crippen molar-refractivity contribution in [2.45, 2.75) is 6.42 Å². The monoisotopic (exact) mass is 418 g/mol. The topological polar surface area (TPSA) is 107 Å². The molecule has 1 fully saturated rings. The molecule has 8 heteroatoms. The third-order valence-corrected chi connectivity index (χ3v) is 4.84. The summed E-state index contributed by atoms with van der Waals surface area (Å²) in [6, 6.07) is 17.6. The summed E-state index contributed by atoms with van der Waals surface area (Å²) in [6.07, 6.45) is 0.598. The van der Waals surface area contributed by atoms with E-state index in [1.807, 2.05) is 12.1 Å². The van der Waals surface area contributed by atoms with Crippen LogP contribution >= 0.6 is 0 Å². The van der Waals surface area contributed by atoms with Gasteiger partial charge in [0.2, 0.25) is 0 Å². The number of benzene rings is 2. The summed E-state index contributed by atoms with van der Waals surface area (Å²) < 4.78 is 11.2. The first-order valence-corrected chi connectivity index (χ1v) is 9.95. The van der Waals surface area contributed by atoms with Gasteiger partial charge in [-0.3, -0.25) is 9.59 Å². The molecule has 31 heavy (non-hydrogen) atoms. The number of hydrogen-bond donors (Lipinski definition) is 0. The van der Waals surface area contributed by atoms with E-state index >= 15 is 0 Å². The fraction of sp³-hybridized carbons (Fsp3) is 0.304. The van der Waals surface area contributed by atoms with Crippen LogP contribution in [0, 0.1) is 22.7 Å². The Labute approximate surface area is 180 Å². The van der Waals surface area contributed by atoms with Crippen molar-refractivity contribution >= 4 is 11.8 Å². The van der Waals surface area contributed by atoms with Gasteiger partial charge in [0.25, 0.3) is 0 Å². The van der Waals surface area contributed by atoms with Gasteiger partial charge in [0.15, 0.2) is 0 Å². The molecule has 158 valence electrons. The van der Waals surface area contributed by atoms with E-state index in [2.05, 4.69) is 0 Å². The lowest BCUT2D eigenvalue weighted by atomic mass is 10.2. The van der Waals surface area contributed by atoms with Crippen molar-refractivity contribution in [1.82, 2.24) is 9.80 Å². The minimum atomic E-state index is -0.525. The summed E-state index contributed by atoms with van der Waals surface area (Å²) in [7, 11) is 0. The molecule has 0 atom stereocenters. The van der Waals surface area contributed by atoms with Gasteiger partial charge >= 0.3 is 11.8 Å². The van der Waals surface area contributed by atoms with Crippen molar-refractivity contribution in [3.63, 3.8) is 0 Å². The second kappa shape index (κ2) is 10.7. The van der Waals surface area contributed by atoms with Crippen LogP contribution in [0.1, 0.15) is 17.5 Å². The number of amides is 2. The van der Waals surface area contributed by atoms with Crippen LogP contribution in [0.3, 0.4) is 0 Å². The van der Waals surface area contributed by atoms with E-state index in [4.69, 9.17) is 20.0 Å². The molecule has 1 aliphatic rings. The Morgan fingerprint density at radius 2 is 1.16 bits per heavy atom. The molecule has 1 aliphatic heterocycles. The SMILES string of the molecule is N#Cc1ccc(OCCCN2CCN(CCOc3ccc(C#N)cc3)C(=O)C2=O)cc1.